The summed E-state index contributed by atoms with van der Waals surface area (Å²) >= 11 is 0. The molecule has 1 aromatic rings. The van der Waals surface area contributed by atoms with E-state index in [0.29, 0.717) is 24.6 Å². The molecule has 112 valence electrons. The molecule has 0 saturated heterocycles. The number of aromatic nitrogens is 1. The first kappa shape index (κ1) is 16.4. The number of anilines is 1. The molecule has 0 spiro atoms. The van der Waals surface area contributed by atoms with Crippen LogP contribution in [0.2, 0.25) is 0 Å². The largest absolute Gasteiger partial charge is 0.381 e. The van der Waals surface area contributed by atoms with Gasteiger partial charge in [-0.05, 0) is 31.4 Å². The molecule has 0 fully saturated rings. The average Bonchev–Trinajstić information content (AvgIpc) is 2.43. The van der Waals surface area contributed by atoms with Crippen LogP contribution in [0.5, 0.6) is 0 Å². The van der Waals surface area contributed by atoms with Crippen molar-refractivity contribution in [3.63, 3.8) is 0 Å². The molecule has 0 atom stereocenters. The van der Waals surface area contributed by atoms with Gasteiger partial charge in [-0.2, -0.15) is 0 Å². The topological polar surface area (TPSA) is 63.2 Å². The summed E-state index contributed by atoms with van der Waals surface area (Å²) in [5, 5.41) is 5.95. The number of hydrogen-bond donors (Lipinski definition) is 2. The third-order valence-corrected chi connectivity index (χ3v) is 2.59. The van der Waals surface area contributed by atoms with Crippen LogP contribution in [0.4, 0.5) is 5.82 Å². The molecule has 0 aromatic carbocycles. The van der Waals surface area contributed by atoms with Crippen LogP contribution in [-0.4, -0.2) is 37.2 Å². The fourth-order valence-corrected chi connectivity index (χ4v) is 1.61. The van der Waals surface area contributed by atoms with Crippen LogP contribution in [0.15, 0.2) is 18.3 Å². The molecular formula is C15H25N3O2. The van der Waals surface area contributed by atoms with Crippen molar-refractivity contribution >= 4 is 11.7 Å². The van der Waals surface area contributed by atoms with Crippen LogP contribution in [0.1, 0.15) is 37.6 Å². The van der Waals surface area contributed by atoms with E-state index in [2.05, 4.69) is 29.5 Å². The molecule has 0 saturated carbocycles. The zero-order valence-corrected chi connectivity index (χ0v) is 12.6. The first-order valence-corrected chi connectivity index (χ1v) is 7.19. The van der Waals surface area contributed by atoms with Gasteiger partial charge in [-0.25, -0.2) is 4.98 Å². The third-order valence-electron chi connectivity index (χ3n) is 2.59. The monoisotopic (exact) mass is 279 g/mol. The lowest BCUT2D eigenvalue weighted by Crippen LogP contribution is -2.25. The van der Waals surface area contributed by atoms with Crippen molar-refractivity contribution in [3.8, 4) is 0 Å². The minimum absolute atomic E-state index is 0.0931. The van der Waals surface area contributed by atoms with Gasteiger partial charge in [0.25, 0.3) is 5.91 Å². The van der Waals surface area contributed by atoms with E-state index >= 15 is 0 Å². The summed E-state index contributed by atoms with van der Waals surface area (Å²) in [6.07, 6.45) is 2.41. The minimum atomic E-state index is -0.0931. The van der Waals surface area contributed by atoms with Crippen LogP contribution < -0.4 is 10.6 Å². The lowest BCUT2D eigenvalue weighted by molar-refractivity contribution is 0.0924. The van der Waals surface area contributed by atoms with Crippen LogP contribution in [0.25, 0.3) is 0 Å². The van der Waals surface area contributed by atoms with Gasteiger partial charge in [-0.15, -0.1) is 0 Å². The normalized spacial score (nSPS) is 10.6. The summed E-state index contributed by atoms with van der Waals surface area (Å²) in [5.74, 6) is 1.24. The zero-order chi connectivity index (χ0) is 14.8. The maximum atomic E-state index is 11.8. The number of rotatable bonds is 9. The zero-order valence-electron chi connectivity index (χ0n) is 12.6. The van der Waals surface area contributed by atoms with Crippen LogP contribution >= 0.6 is 0 Å². The van der Waals surface area contributed by atoms with E-state index in [1.54, 1.807) is 12.3 Å². The molecule has 20 heavy (non-hydrogen) atoms. The number of amides is 1. The van der Waals surface area contributed by atoms with Crippen LogP contribution in [0.3, 0.4) is 0 Å². The molecule has 1 rings (SSSR count). The quantitative estimate of drug-likeness (QED) is 0.681. The number of hydrogen-bond acceptors (Lipinski definition) is 4. The molecule has 2 N–H and O–H groups in total. The Hall–Kier alpha value is -1.62. The molecule has 5 nitrogen and oxygen atoms in total. The fourth-order valence-electron chi connectivity index (χ4n) is 1.61. The summed E-state index contributed by atoms with van der Waals surface area (Å²) < 4.78 is 5.45. The van der Waals surface area contributed by atoms with Crippen molar-refractivity contribution < 1.29 is 9.53 Å². The summed E-state index contributed by atoms with van der Waals surface area (Å²) in [6.45, 7) is 9.11. The second-order valence-electron chi connectivity index (χ2n) is 5.04. The maximum Gasteiger partial charge on any atom is 0.252 e. The molecule has 0 aliphatic carbocycles. The fraction of sp³-hybridized carbons (Fsp3) is 0.600. The van der Waals surface area contributed by atoms with Gasteiger partial charge in [-0.1, -0.05) is 13.8 Å². The average molecular weight is 279 g/mol. The highest BCUT2D eigenvalue weighted by molar-refractivity contribution is 5.93. The minimum Gasteiger partial charge on any atom is -0.381 e. The number of carbonyl (C=O) groups is 1. The molecule has 0 aliphatic heterocycles. The van der Waals surface area contributed by atoms with E-state index < -0.39 is 0 Å². The molecule has 1 amide bonds. The Morgan fingerprint density at radius 3 is 2.80 bits per heavy atom. The number of nitrogens with one attached hydrogen (secondary N) is 2. The Labute approximate surface area is 121 Å². The van der Waals surface area contributed by atoms with Gasteiger partial charge in [0.2, 0.25) is 0 Å². The van der Waals surface area contributed by atoms with Gasteiger partial charge in [0, 0.05) is 32.5 Å². The molecule has 5 heteroatoms. The second-order valence-corrected chi connectivity index (χ2v) is 5.04. The predicted molar refractivity (Wildman–Crippen MR) is 81.0 cm³/mol. The standard InChI is InChI=1S/C15H25N3O2/c1-4-16-14-7-6-13(10-18-14)15(19)17-8-5-9-20-11-12(2)3/h6-7,10,12H,4-5,8-9,11H2,1-3H3,(H,16,18)(H,17,19). The molecule has 0 unspecified atom stereocenters. The smallest absolute Gasteiger partial charge is 0.252 e. The lowest BCUT2D eigenvalue weighted by atomic mass is 10.2. The van der Waals surface area contributed by atoms with Crippen molar-refractivity contribution in [1.82, 2.24) is 10.3 Å². The van der Waals surface area contributed by atoms with Gasteiger partial charge < -0.3 is 15.4 Å². The van der Waals surface area contributed by atoms with E-state index in [4.69, 9.17) is 4.74 Å². The molecule has 1 heterocycles. The first-order valence-electron chi connectivity index (χ1n) is 7.19. The Bertz CT molecular complexity index is 391. The molecule has 0 radical (unpaired) electrons. The summed E-state index contributed by atoms with van der Waals surface area (Å²) in [7, 11) is 0. The molecule has 1 aromatic heterocycles. The molecule has 0 aliphatic rings. The van der Waals surface area contributed by atoms with E-state index in [9.17, 15) is 4.79 Å². The second kappa shape index (κ2) is 9.31. The highest BCUT2D eigenvalue weighted by atomic mass is 16.5. The van der Waals surface area contributed by atoms with Gasteiger partial charge in [-0.3, -0.25) is 4.79 Å². The molecular weight excluding hydrogens is 254 g/mol. The van der Waals surface area contributed by atoms with Gasteiger partial charge in [0.05, 0.1) is 5.56 Å². The molecule has 0 bridgehead atoms. The Morgan fingerprint density at radius 2 is 2.20 bits per heavy atom. The predicted octanol–water partition coefficient (Wildman–Crippen LogP) is 2.31. The van der Waals surface area contributed by atoms with Gasteiger partial charge in [0.1, 0.15) is 5.82 Å². The van der Waals surface area contributed by atoms with E-state index in [1.807, 2.05) is 13.0 Å². The van der Waals surface area contributed by atoms with E-state index in [1.165, 1.54) is 0 Å². The van der Waals surface area contributed by atoms with E-state index in [-0.39, 0.29) is 5.91 Å². The summed E-state index contributed by atoms with van der Waals surface area (Å²) in [5.41, 5.74) is 0.578. The summed E-state index contributed by atoms with van der Waals surface area (Å²) in [6, 6.07) is 3.58. The van der Waals surface area contributed by atoms with Crippen molar-refractivity contribution in [2.45, 2.75) is 27.2 Å². The lowest BCUT2D eigenvalue weighted by Gasteiger charge is -2.08. The van der Waals surface area contributed by atoms with Crippen molar-refractivity contribution in [3.05, 3.63) is 23.9 Å². The number of carbonyl (C=O) groups excluding carboxylic acids is 1. The van der Waals surface area contributed by atoms with Crippen molar-refractivity contribution in [2.24, 2.45) is 5.92 Å². The van der Waals surface area contributed by atoms with Gasteiger partial charge in [0.15, 0.2) is 0 Å². The number of nitrogens with zero attached hydrogens (tertiary/aromatic N) is 1. The van der Waals surface area contributed by atoms with Crippen molar-refractivity contribution in [2.75, 3.05) is 31.6 Å². The van der Waals surface area contributed by atoms with Crippen molar-refractivity contribution in [1.29, 1.82) is 0 Å². The Kier molecular flexibility index (Phi) is 7.65. The van der Waals surface area contributed by atoms with Crippen LogP contribution in [-0.2, 0) is 4.74 Å². The Morgan fingerprint density at radius 1 is 1.40 bits per heavy atom. The van der Waals surface area contributed by atoms with E-state index in [0.717, 1.165) is 25.4 Å². The highest BCUT2D eigenvalue weighted by Crippen LogP contribution is 2.04. The highest BCUT2D eigenvalue weighted by Gasteiger charge is 2.05. The van der Waals surface area contributed by atoms with Crippen LogP contribution in [0, 0.1) is 5.92 Å². The van der Waals surface area contributed by atoms with Gasteiger partial charge >= 0.3 is 0 Å². The maximum absolute atomic E-state index is 11.8. The third kappa shape index (κ3) is 6.52. The Balaban J connectivity index is 2.22. The number of ether oxygens (including phenoxy) is 1. The number of pyridine rings is 1. The SMILES string of the molecule is CCNc1ccc(C(=O)NCCCOCC(C)C)cn1. The first-order chi connectivity index (χ1) is 9.63. The summed E-state index contributed by atoms with van der Waals surface area (Å²) in [4.78, 5) is 16.0.